The molecule has 0 radical (unpaired) electrons. The van der Waals surface area contributed by atoms with Crippen molar-refractivity contribution in [1.29, 1.82) is 0 Å². The van der Waals surface area contributed by atoms with Crippen molar-refractivity contribution in [2.45, 2.75) is 32.7 Å². The second kappa shape index (κ2) is 7.02. The zero-order valence-electron chi connectivity index (χ0n) is 13.4. The molecule has 0 aliphatic carbocycles. The van der Waals surface area contributed by atoms with Gasteiger partial charge >= 0.3 is 0 Å². The number of alkyl halides is 2. The summed E-state index contributed by atoms with van der Waals surface area (Å²) in [7, 11) is 0. The minimum Gasteiger partial charge on any atom is -0.355 e. The number of rotatable bonds is 4. The topological polar surface area (TPSA) is 63.9 Å². The van der Waals surface area contributed by atoms with Crippen molar-refractivity contribution in [2.75, 3.05) is 18.0 Å². The van der Waals surface area contributed by atoms with Crippen LogP contribution in [0.1, 0.15) is 30.7 Å². The van der Waals surface area contributed by atoms with Gasteiger partial charge in [0, 0.05) is 31.9 Å². The third kappa shape index (κ3) is 3.74. The molecule has 1 aliphatic rings. The lowest BCUT2D eigenvalue weighted by Gasteiger charge is -2.32. The lowest BCUT2D eigenvalue weighted by atomic mass is 9.97. The van der Waals surface area contributed by atoms with Crippen LogP contribution in [0.3, 0.4) is 0 Å². The predicted octanol–water partition coefficient (Wildman–Crippen LogP) is 2.20. The highest BCUT2D eigenvalue weighted by atomic mass is 19.3. The lowest BCUT2D eigenvalue weighted by Crippen LogP contribution is -2.37. The van der Waals surface area contributed by atoms with E-state index in [2.05, 4.69) is 19.9 Å². The van der Waals surface area contributed by atoms with Gasteiger partial charge in [0.15, 0.2) is 0 Å². The summed E-state index contributed by atoms with van der Waals surface area (Å²) in [5, 5.41) is 0. The average Bonchev–Trinajstić information content (AvgIpc) is 2.57. The molecule has 0 saturated carbocycles. The number of hydrogen-bond acceptors (Lipinski definition) is 5. The van der Waals surface area contributed by atoms with Crippen molar-refractivity contribution in [3.05, 3.63) is 46.5 Å². The minimum atomic E-state index is -2.72. The molecular formula is C16H19F2N5O. The van der Waals surface area contributed by atoms with Crippen molar-refractivity contribution in [2.24, 2.45) is 5.92 Å². The third-order valence-electron chi connectivity index (χ3n) is 4.26. The number of hydrogen-bond donors (Lipinski definition) is 0. The molecule has 0 spiro atoms. The number of piperidine rings is 1. The summed E-state index contributed by atoms with van der Waals surface area (Å²) in [4.78, 5) is 26.4. The highest BCUT2D eigenvalue weighted by Gasteiger charge is 2.21. The van der Waals surface area contributed by atoms with E-state index in [9.17, 15) is 13.6 Å². The first-order valence-corrected chi connectivity index (χ1v) is 7.91. The maximum absolute atomic E-state index is 12.5. The average molecular weight is 335 g/mol. The van der Waals surface area contributed by atoms with Crippen LogP contribution < -0.4 is 10.5 Å². The molecule has 2 aromatic heterocycles. The Balaban J connectivity index is 1.60. The molecular weight excluding hydrogens is 316 g/mol. The fraction of sp³-hybridized carbons (Fsp3) is 0.500. The van der Waals surface area contributed by atoms with Gasteiger partial charge in [0.1, 0.15) is 11.5 Å². The molecule has 2 aromatic rings. The Morgan fingerprint density at radius 2 is 2.04 bits per heavy atom. The van der Waals surface area contributed by atoms with Gasteiger partial charge in [-0.3, -0.25) is 14.3 Å². The van der Waals surface area contributed by atoms with Crippen LogP contribution in [0.5, 0.6) is 0 Å². The summed E-state index contributed by atoms with van der Waals surface area (Å²) in [5.74, 6) is 1.18. The maximum Gasteiger partial charge on any atom is 0.280 e. The van der Waals surface area contributed by atoms with Gasteiger partial charge in [-0.05, 0) is 25.7 Å². The van der Waals surface area contributed by atoms with Crippen LogP contribution in [0.4, 0.5) is 14.6 Å². The first-order chi connectivity index (χ1) is 11.5. The third-order valence-corrected chi connectivity index (χ3v) is 4.26. The standard InChI is InChI=1S/C16H19F2N5O/c1-11-7-19-8-14(21-11)22-4-2-12(3-5-22)9-23-10-20-13(16(17)18)6-15(23)24/h6-8,10,12,16H,2-5,9H2,1H3. The van der Waals surface area contributed by atoms with E-state index in [0.717, 1.165) is 43.5 Å². The Labute approximate surface area is 138 Å². The van der Waals surface area contributed by atoms with Gasteiger partial charge in [-0.15, -0.1) is 0 Å². The number of nitrogens with zero attached hydrogens (tertiary/aromatic N) is 5. The van der Waals surface area contributed by atoms with Gasteiger partial charge < -0.3 is 4.90 Å². The maximum atomic E-state index is 12.5. The zero-order chi connectivity index (χ0) is 17.1. The van der Waals surface area contributed by atoms with E-state index < -0.39 is 17.7 Å². The van der Waals surface area contributed by atoms with Gasteiger partial charge in [0.2, 0.25) is 0 Å². The second-order valence-corrected chi connectivity index (χ2v) is 6.05. The Morgan fingerprint density at radius 3 is 2.67 bits per heavy atom. The SMILES string of the molecule is Cc1cncc(N2CCC(Cn3cnc(C(F)F)cc3=O)CC2)n1. The van der Waals surface area contributed by atoms with E-state index in [0.29, 0.717) is 12.5 Å². The van der Waals surface area contributed by atoms with Crippen LogP contribution in [0.25, 0.3) is 0 Å². The van der Waals surface area contributed by atoms with Gasteiger partial charge in [-0.25, -0.2) is 18.7 Å². The highest BCUT2D eigenvalue weighted by molar-refractivity contribution is 5.36. The number of halogens is 2. The monoisotopic (exact) mass is 335 g/mol. The fourth-order valence-electron chi connectivity index (χ4n) is 2.92. The molecule has 0 aromatic carbocycles. The van der Waals surface area contributed by atoms with Crippen LogP contribution in [-0.4, -0.2) is 32.6 Å². The molecule has 3 heterocycles. The normalized spacial score (nSPS) is 15.9. The van der Waals surface area contributed by atoms with Crippen LogP contribution in [0.15, 0.2) is 29.6 Å². The summed E-state index contributed by atoms with van der Waals surface area (Å²) in [6.07, 6.45) is 3.79. The first-order valence-electron chi connectivity index (χ1n) is 7.91. The van der Waals surface area contributed by atoms with Gasteiger partial charge in [0.05, 0.1) is 18.2 Å². The number of aromatic nitrogens is 4. The Bertz CT molecular complexity index is 756. The van der Waals surface area contributed by atoms with E-state index >= 15 is 0 Å². The molecule has 0 N–H and O–H groups in total. The van der Waals surface area contributed by atoms with Crippen molar-refractivity contribution in [3.8, 4) is 0 Å². The smallest absolute Gasteiger partial charge is 0.280 e. The highest BCUT2D eigenvalue weighted by Crippen LogP contribution is 2.22. The van der Waals surface area contributed by atoms with E-state index in [1.807, 2.05) is 6.92 Å². The molecule has 3 rings (SSSR count). The van der Waals surface area contributed by atoms with Crippen LogP contribution in [-0.2, 0) is 6.54 Å². The number of anilines is 1. The van der Waals surface area contributed by atoms with Crippen molar-refractivity contribution < 1.29 is 8.78 Å². The molecule has 1 fully saturated rings. The lowest BCUT2D eigenvalue weighted by molar-refractivity contribution is 0.145. The van der Waals surface area contributed by atoms with Crippen LogP contribution >= 0.6 is 0 Å². The largest absolute Gasteiger partial charge is 0.355 e. The Morgan fingerprint density at radius 1 is 1.29 bits per heavy atom. The molecule has 0 bridgehead atoms. The summed E-state index contributed by atoms with van der Waals surface area (Å²) in [6.45, 7) is 4.08. The predicted molar refractivity (Wildman–Crippen MR) is 85.2 cm³/mol. The first kappa shape index (κ1) is 16.5. The van der Waals surface area contributed by atoms with Crippen molar-refractivity contribution in [3.63, 3.8) is 0 Å². The molecule has 6 nitrogen and oxygen atoms in total. The minimum absolute atomic E-state index is 0.316. The summed E-state index contributed by atoms with van der Waals surface area (Å²) >= 11 is 0. The Hall–Kier alpha value is -2.38. The van der Waals surface area contributed by atoms with Crippen LogP contribution in [0, 0.1) is 12.8 Å². The van der Waals surface area contributed by atoms with Crippen LogP contribution in [0.2, 0.25) is 0 Å². The molecule has 0 atom stereocenters. The molecule has 8 heteroatoms. The van der Waals surface area contributed by atoms with Crippen molar-refractivity contribution in [1.82, 2.24) is 19.5 Å². The van der Waals surface area contributed by atoms with E-state index in [1.165, 1.54) is 10.9 Å². The summed E-state index contributed by atoms with van der Waals surface area (Å²) in [5.41, 5.74) is -0.0114. The van der Waals surface area contributed by atoms with E-state index in [4.69, 9.17) is 0 Å². The van der Waals surface area contributed by atoms with E-state index in [1.54, 1.807) is 12.4 Å². The number of aryl methyl sites for hydroxylation is 1. The second-order valence-electron chi connectivity index (χ2n) is 6.05. The molecule has 1 saturated heterocycles. The van der Waals surface area contributed by atoms with E-state index in [-0.39, 0.29) is 0 Å². The summed E-state index contributed by atoms with van der Waals surface area (Å²) < 4.78 is 26.5. The molecule has 0 unspecified atom stereocenters. The fourth-order valence-corrected chi connectivity index (χ4v) is 2.92. The molecule has 24 heavy (non-hydrogen) atoms. The van der Waals surface area contributed by atoms with Gasteiger partial charge in [0.25, 0.3) is 12.0 Å². The van der Waals surface area contributed by atoms with Crippen molar-refractivity contribution >= 4 is 5.82 Å². The van der Waals surface area contributed by atoms with Gasteiger partial charge in [-0.1, -0.05) is 0 Å². The Kier molecular flexibility index (Phi) is 4.82. The quantitative estimate of drug-likeness (QED) is 0.857. The summed E-state index contributed by atoms with van der Waals surface area (Å²) in [6, 6.07) is 0.919. The molecule has 128 valence electrons. The zero-order valence-corrected chi connectivity index (χ0v) is 13.4. The van der Waals surface area contributed by atoms with Gasteiger partial charge in [-0.2, -0.15) is 0 Å². The molecule has 0 amide bonds. The molecule has 1 aliphatic heterocycles.